The van der Waals surface area contributed by atoms with Gasteiger partial charge >= 0.3 is 0 Å². The molecule has 1 aliphatic heterocycles. The third-order valence-corrected chi connectivity index (χ3v) is 3.64. The Balaban J connectivity index is 0.00000242. The summed E-state index contributed by atoms with van der Waals surface area (Å²) in [6, 6.07) is 5.84. The minimum atomic E-state index is -0.476. The second kappa shape index (κ2) is 8.46. The fourth-order valence-corrected chi connectivity index (χ4v) is 2.60. The van der Waals surface area contributed by atoms with Gasteiger partial charge in [0, 0.05) is 6.54 Å². The summed E-state index contributed by atoms with van der Waals surface area (Å²) in [4.78, 5) is 14.1. The van der Waals surface area contributed by atoms with Crippen LogP contribution >= 0.6 is 12.4 Å². The Morgan fingerprint density at radius 3 is 2.86 bits per heavy atom. The van der Waals surface area contributed by atoms with Gasteiger partial charge in [-0.05, 0) is 30.0 Å². The zero-order valence-electron chi connectivity index (χ0n) is 13.0. The molecule has 2 N–H and O–H groups in total. The maximum atomic E-state index is 13.3. The summed E-state index contributed by atoms with van der Waals surface area (Å²) in [6.45, 7) is 5.50. The second-order valence-electron chi connectivity index (χ2n) is 5.93. The van der Waals surface area contributed by atoms with Gasteiger partial charge in [-0.3, -0.25) is 4.79 Å². The van der Waals surface area contributed by atoms with E-state index in [-0.39, 0.29) is 30.2 Å². The van der Waals surface area contributed by atoms with Gasteiger partial charge in [-0.1, -0.05) is 26.0 Å². The molecule has 124 valence electrons. The molecule has 1 aliphatic rings. The summed E-state index contributed by atoms with van der Waals surface area (Å²) in [5, 5.41) is 0. The SMILES string of the molecule is CC(C)C[C@H](N)C(=O)N1CCOC(c2cccc(F)c2)C1.Cl. The van der Waals surface area contributed by atoms with Crippen molar-refractivity contribution in [2.75, 3.05) is 19.7 Å². The molecule has 1 saturated heterocycles. The molecule has 0 saturated carbocycles. The molecule has 0 radical (unpaired) electrons. The van der Waals surface area contributed by atoms with Gasteiger partial charge in [-0.15, -0.1) is 12.4 Å². The van der Waals surface area contributed by atoms with Crippen LogP contribution in [0.25, 0.3) is 0 Å². The predicted molar refractivity (Wildman–Crippen MR) is 86.4 cm³/mol. The van der Waals surface area contributed by atoms with Crippen molar-refractivity contribution in [3.63, 3.8) is 0 Å². The lowest BCUT2D eigenvalue weighted by Gasteiger charge is -2.34. The second-order valence-corrected chi connectivity index (χ2v) is 5.93. The Morgan fingerprint density at radius 2 is 2.23 bits per heavy atom. The highest BCUT2D eigenvalue weighted by Crippen LogP contribution is 2.23. The van der Waals surface area contributed by atoms with E-state index in [0.29, 0.717) is 32.0 Å². The van der Waals surface area contributed by atoms with Crippen LogP contribution in [0.2, 0.25) is 0 Å². The van der Waals surface area contributed by atoms with Gasteiger partial charge in [0.2, 0.25) is 5.91 Å². The average Bonchev–Trinajstić information content (AvgIpc) is 2.46. The Labute approximate surface area is 137 Å². The Morgan fingerprint density at radius 1 is 1.50 bits per heavy atom. The first-order valence-corrected chi connectivity index (χ1v) is 7.39. The third-order valence-electron chi connectivity index (χ3n) is 3.64. The van der Waals surface area contributed by atoms with Crippen LogP contribution in [-0.4, -0.2) is 36.5 Å². The fraction of sp³-hybridized carbons (Fsp3) is 0.562. The smallest absolute Gasteiger partial charge is 0.239 e. The number of carbonyl (C=O) groups is 1. The maximum absolute atomic E-state index is 13.3. The Kier molecular flexibility index (Phi) is 7.26. The molecule has 1 fully saturated rings. The van der Waals surface area contributed by atoms with E-state index in [9.17, 15) is 9.18 Å². The van der Waals surface area contributed by atoms with E-state index >= 15 is 0 Å². The zero-order valence-corrected chi connectivity index (χ0v) is 13.8. The number of carbonyl (C=O) groups excluding carboxylic acids is 1. The van der Waals surface area contributed by atoms with Crippen molar-refractivity contribution in [1.82, 2.24) is 4.90 Å². The fourth-order valence-electron chi connectivity index (χ4n) is 2.60. The first-order valence-electron chi connectivity index (χ1n) is 7.39. The van der Waals surface area contributed by atoms with Crippen molar-refractivity contribution in [1.29, 1.82) is 0 Å². The molecule has 2 rings (SSSR count). The van der Waals surface area contributed by atoms with Crippen molar-refractivity contribution in [3.8, 4) is 0 Å². The largest absolute Gasteiger partial charge is 0.370 e. The van der Waals surface area contributed by atoms with Crippen molar-refractivity contribution in [2.24, 2.45) is 11.7 Å². The van der Waals surface area contributed by atoms with E-state index in [2.05, 4.69) is 0 Å². The van der Waals surface area contributed by atoms with E-state index in [0.717, 1.165) is 5.56 Å². The van der Waals surface area contributed by atoms with Crippen molar-refractivity contribution >= 4 is 18.3 Å². The molecule has 1 amide bonds. The number of nitrogens with two attached hydrogens (primary N) is 1. The highest BCUT2D eigenvalue weighted by molar-refractivity contribution is 5.85. The number of morpholine rings is 1. The summed E-state index contributed by atoms with van der Waals surface area (Å²) >= 11 is 0. The van der Waals surface area contributed by atoms with Crippen LogP contribution in [0.1, 0.15) is 31.9 Å². The highest BCUT2D eigenvalue weighted by atomic mass is 35.5. The molecule has 0 aliphatic carbocycles. The molecule has 2 atom stereocenters. The Hall–Kier alpha value is -1.17. The molecule has 1 unspecified atom stereocenters. The minimum Gasteiger partial charge on any atom is -0.370 e. The van der Waals surface area contributed by atoms with Crippen LogP contribution in [0.15, 0.2) is 24.3 Å². The van der Waals surface area contributed by atoms with E-state index in [4.69, 9.17) is 10.5 Å². The number of halogens is 2. The van der Waals surface area contributed by atoms with E-state index in [1.54, 1.807) is 11.0 Å². The number of hydrogen-bond donors (Lipinski definition) is 1. The van der Waals surface area contributed by atoms with Crippen LogP contribution in [0, 0.1) is 11.7 Å². The highest BCUT2D eigenvalue weighted by Gasteiger charge is 2.28. The van der Waals surface area contributed by atoms with Gasteiger partial charge in [-0.25, -0.2) is 4.39 Å². The Bertz CT molecular complexity index is 499. The van der Waals surface area contributed by atoms with Gasteiger partial charge in [0.25, 0.3) is 0 Å². The summed E-state index contributed by atoms with van der Waals surface area (Å²) in [6.07, 6.45) is 0.380. The lowest BCUT2D eigenvalue weighted by Crippen LogP contribution is -2.49. The van der Waals surface area contributed by atoms with E-state index < -0.39 is 6.04 Å². The zero-order chi connectivity index (χ0) is 15.4. The molecule has 1 heterocycles. The number of ether oxygens (including phenoxy) is 1. The first-order chi connectivity index (χ1) is 9.97. The van der Waals surface area contributed by atoms with Crippen molar-refractivity contribution in [3.05, 3.63) is 35.6 Å². The first kappa shape index (κ1) is 18.9. The number of benzene rings is 1. The van der Waals surface area contributed by atoms with Gasteiger partial charge in [-0.2, -0.15) is 0 Å². The summed E-state index contributed by atoms with van der Waals surface area (Å²) in [5.74, 6) is 0.0356. The lowest BCUT2D eigenvalue weighted by atomic mass is 10.0. The van der Waals surface area contributed by atoms with Gasteiger partial charge < -0.3 is 15.4 Å². The molecule has 4 nitrogen and oxygen atoms in total. The predicted octanol–water partition coefficient (Wildman–Crippen LogP) is 2.52. The minimum absolute atomic E-state index is 0. The molecule has 22 heavy (non-hydrogen) atoms. The quantitative estimate of drug-likeness (QED) is 0.923. The monoisotopic (exact) mass is 330 g/mol. The number of hydrogen-bond acceptors (Lipinski definition) is 3. The molecular weight excluding hydrogens is 307 g/mol. The maximum Gasteiger partial charge on any atom is 0.239 e. The van der Waals surface area contributed by atoms with Crippen LogP contribution < -0.4 is 5.73 Å². The summed E-state index contributed by atoms with van der Waals surface area (Å²) in [7, 11) is 0. The number of amides is 1. The number of nitrogens with zero attached hydrogens (tertiary/aromatic N) is 1. The van der Waals surface area contributed by atoms with E-state index in [1.165, 1.54) is 12.1 Å². The van der Waals surface area contributed by atoms with Gasteiger partial charge in [0.1, 0.15) is 11.9 Å². The third kappa shape index (κ3) is 4.93. The lowest BCUT2D eigenvalue weighted by molar-refractivity contribution is -0.140. The van der Waals surface area contributed by atoms with Crippen LogP contribution in [0.4, 0.5) is 4.39 Å². The number of rotatable bonds is 4. The molecule has 0 spiro atoms. The van der Waals surface area contributed by atoms with Crippen LogP contribution in [0.5, 0.6) is 0 Å². The van der Waals surface area contributed by atoms with Crippen molar-refractivity contribution < 1.29 is 13.9 Å². The van der Waals surface area contributed by atoms with Crippen molar-refractivity contribution in [2.45, 2.75) is 32.4 Å². The standard InChI is InChI=1S/C16H23FN2O2.ClH/c1-11(2)8-14(18)16(20)19-6-7-21-15(10-19)12-4-3-5-13(17)9-12;/h3-5,9,11,14-15H,6-8,10,18H2,1-2H3;1H/t14-,15?;/m0./s1. The van der Waals surface area contributed by atoms with Gasteiger partial charge in [0.15, 0.2) is 0 Å². The topological polar surface area (TPSA) is 55.6 Å². The molecule has 6 heteroatoms. The average molecular weight is 331 g/mol. The molecular formula is C16H24ClFN2O2. The molecule has 1 aromatic carbocycles. The van der Waals surface area contributed by atoms with Gasteiger partial charge in [0.05, 0.1) is 19.2 Å². The van der Waals surface area contributed by atoms with Crippen LogP contribution in [-0.2, 0) is 9.53 Å². The normalized spacial score (nSPS) is 19.7. The molecule has 1 aromatic rings. The molecule has 0 bridgehead atoms. The van der Waals surface area contributed by atoms with E-state index in [1.807, 2.05) is 19.9 Å². The molecule has 0 aromatic heterocycles. The summed E-state index contributed by atoms with van der Waals surface area (Å²) < 4.78 is 19.0. The van der Waals surface area contributed by atoms with Crippen LogP contribution in [0.3, 0.4) is 0 Å². The summed E-state index contributed by atoms with van der Waals surface area (Å²) in [5.41, 5.74) is 6.72.